The molecule has 0 bridgehead atoms. The highest BCUT2D eigenvalue weighted by atomic mass is 35.5. The first kappa shape index (κ1) is 9.28. The van der Waals surface area contributed by atoms with E-state index >= 15 is 0 Å². The number of aromatic nitrogens is 1. The zero-order valence-corrected chi connectivity index (χ0v) is 8.90. The zero-order chi connectivity index (χ0) is 9.10. The van der Waals surface area contributed by atoms with Crippen molar-refractivity contribution in [2.75, 3.05) is 6.61 Å². The largest absolute Gasteiger partial charge is 0.470 e. The van der Waals surface area contributed by atoms with Crippen molar-refractivity contribution in [3.63, 3.8) is 0 Å². The van der Waals surface area contributed by atoms with Gasteiger partial charge in [-0.2, -0.15) is 4.98 Å². The van der Waals surface area contributed by atoms with E-state index in [4.69, 9.17) is 16.3 Å². The van der Waals surface area contributed by atoms with Gasteiger partial charge in [0.05, 0.1) is 6.61 Å². The molecule has 13 heavy (non-hydrogen) atoms. The summed E-state index contributed by atoms with van der Waals surface area (Å²) in [6.45, 7) is 0.809. The molecule has 2 nitrogen and oxygen atoms in total. The van der Waals surface area contributed by atoms with Gasteiger partial charge in [0.1, 0.15) is 5.15 Å². The van der Waals surface area contributed by atoms with Crippen LogP contribution in [0.2, 0.25) is 5.15 Å². The lowest BCUT2D eigenvalue weighted by molar-refractivity contribution is 0.251. The third kappa shape index (κ3) is 2.58. The standard InChI is InChI=1S/C9H12ClNOS/c10-8-6-13-9(11-8)12-5-7-3-1-2-4-7/h6-7H,1-5H2. The first-order valence-electron chi connectivity index (χ1n) is 4.58. The molecule has 1 heterocycles. The molecule has 1 aromatic rings. The Kier molecular flexibility index (Phi) is 3.06. The van der Waals surface area contributed by atoms with Crippen molar-refractivity contribution in [3.05, 3.63) is 10.5 Å². The average Bonchev–Trinajstić information content (AvgIpc) is 2.71. The van der Waals surface area contributed by atoms with E-state index in [-0.39, 0.29) is 0 Å². The molecule has 1 aliphatic rings. The summed E-state index contributed by atoms with van der Waals surface area (Å²) in [5.41, 5.74) is 0. The van der Waals surface area contributed by atoms with Gasteiger partial charge in [0.15, 0.2) is 0 Å². The number of ether oxygens (including phenoxy) is 1. The van der Waals surface area contributed by atoms with Crippen LogP contribution < -0.4 is 4.74 Å². The fourth-order valence-corrected chi connectivity index (χ4v) is 2.47. The molecule has 0 radical (unpaired) electrons. The summed E-state index contributed by atoms with van der Waals surface area (Å²) >= 11 is 7.14. The Hall–Kier alpha value is -0.280. The van der Waals surface area contributed by atoms with E-state index in [1.165, 1.54) is 37.0 Å². The molecule has 0 spiro atoms. The molecular formula is C9H12ClNOS. The van der Waals surface area contributed by atoms with Crippen LogP contribution in [0.3, 0.4) is 0 Å². The predicted molar refractivity (Wildman–Crippen MR) is 54.6 cm³/mol. The van der Waals surface area contributed by atoms with E-state index in [1.807, 2.05) is 0 Å². The van der Waals surface area contributed by atoms with E-state index < -0.39 is 0 Å². The van der Waals surface area contributed by atoms with Crippen LogP contribution in [0.4, 0.5) is 0 Å². The van der Waals surface area contributed by atoms with Crippen LogP contribution in [-0.2, 0) is 0 Å². The number of hydrogen-bond acceptors (Lipinski definition) is 3. The SMILES string of the molecule is Clc1csc(OCC2CCCC2)n1. The van der Waals surface area contributed by atoms with Crippen molar-refractivity contribution in [2.45, 2.75) is 25.7 Å². The molecule has 4 heteroatoms. The quantitative estimate of drug-likeness (QED) is 0.775. The minimum Gasteiger partial charge on any atom is -0.470 e. The van der Waals surface area contributed by atoms with Gasteiger partial charge in [-0.3, -0.25) is 0 Å². The molecule has 0 N–H and O–H groups in total. The molecule has 0 unspecified atom stereocenters. The van der Waals surface area contributed by atoms with Gasteiger partial charge in [-0.25, -0.2) is 0 Å². The Balaban J connectivity index is 1.78. The van der Waals surface area contributed by atoms with Gasteiger partial charge < -0.3 is 4.74 Å². The summed E-state index contributed by atoms with van der Waals surface area (Å²) in [6.07, 6.45) is 5.32. The average molecular weight is 218 g/mol. The first-order chi connectivity index (χ1) is 6.34. The second kappa shape index (κ2) is 4.29. The third-order valence-electron chi connectivity index (χ3n) is 2.37. The Morgan fingerprint density at radius 2 is 2.31 bits per heavy atom. The summed E-state index contributed by atoms with van der Waals surface area (Å²) < 4.78 is 5.53. The summed E-state index contributed by atoms with van der Waals surface area (Å²) in [5, 5.41) is 3.04. The van der Waals surface area contributed by atoms with Gasteiger partial charge in [0, 0.05) is 5.38 Å². The van der Waals surface area contributed by atoms with Gasteiger partial charge in [-0.1, -0.05) is 35.8 Å². The van der Waals surface area contributed by atoms with Crippen LogP contribution in [0, 0.1) is 5.92 Å². The van der Waals surface area contributed by atoms with Crippen molar-refractivity contribution in [2.24, 2.45) is 5.92 Å². The van der Waals surface area contributed by atoms with Gasteiger partial charge in [-0.05, 0) is 18.8 Å². The lowest BCUT2D eigenvalue weighted by Gasteiger charge is -2.07. The highest BCUT2D eigenvalue weighted by Crippen LogP contribution is 2.27. The predicted octanol–water partition coefficient (Wildman–Crippen LogP) is 3.37. The lowest BCUT2D eigenvalue weighted by Crippen LogP contribution is -2.07. The first-order valence-corrected chi connectivity index (χ1v) is 5.84. The fourth-order valence-electron chi connectivity index (χ4n) is 1.67. The Morgan fingerprint density at radius 3 is 2.92 bits per heavy atom. The van der Waals surface area contributed by atoms with Crippen LogP contribution in [0.1, 0.15) is 25.7 Å². The molecule has 0 amide bonds. The molecular weight excluding hydrogens is 206 g/mol. The highest BCUT2D eigenvalue weighted by molar-refractivity contribution is 7.11. The van der Waals surface area contributed by atoms with Crippen LogP contribution in [0.5, 0.6) is 5.19 Å². The normalized spacial score (nSPS) is 17.9. The van der Waals surface area contributed by atoms with Crippen molar-refractivity contribution >= 4 is 22.9 Å². The van der Waals surface area contributed by atoms with Crippen molar-refractivity contribution < 1.29 is 4.74 Å². The molecule has 1 saturated carbocycles. The van der Waals surface area contributed by atoms with Gasteiger partial charge in [-0.15, -0.1) is 0 Å². The van der Waals surface area contributed by atoms with Crippen molar-refractivity contribution in [1.82, 2.24) is 4.98 Å². The number of nitrogens with zero attached hydrogens (tertiary/aromatic N) is 1. The number of hydrogen-bond donors (Lipinski definition) is 0. The van der Waals surface area contributed by atoms with Crippen molar-refractivity contribution in [3.8, 4) is 5.19 Å². The molecule has 1 aliphatic carbocycles. The van der Waals surface area contributed by atoms with Crippen LogP contribution in [0.15, 0.2) is 5.38 Å². The Morgan fingerprint density at radius 1 is 1.54 bits per heavy atom. The van der Waals surface area contributed by atoms with E-state index in [1.54, 1.807) is 5.38 Å². The summed E-state index contributed by atoms with van der Waals surface area (Å²) in [4.78, 5) is 4.03. The lowest BCUT2D eigenvalue weighted by atomic mass is 10.1. The van der Waals surface area contributed by atoms with Gasteiger partial charge in [0.25, 0.3) is 5.19 Å². The van der Waals surface area contributed by atoms with E-state index in [9.17, 15) is 0 Å². The molecule has 0 atom stereocenters. The fraction of sp³-hybridized carbons (Fsp3) is 0.667. The minimum atomic E-state index is 0.534. The molecule has 1 fully saturated rings. The topological polar surface area (TPSA) is 22.1 Å². The summed E-state index contributed by atoms with van der Waals surface area (Å²) in [5.74, 6) is 0.739. The second-order valence-corrected chi connectivity index (χ2v) is 4.61. The molecule has 0 aliphatic heterocycles. The van der Waals surface area contributed by atoms with Crippen LogP contribution in [0.25, 0.3) is 0 Å². The Labute approximate surface area is 86.9 Å². The second-order valence-electron chi connectivity index (χ2n) is 3.40. The van der Waals surface area contributed by atoms with Gasteiger partial charge >= 0.3 is 0 Å². The summed E-state index contributed by atoms with van der Waals surface area (Å²) in [7, 11) is 0. The number of rotatable bonds is 3. The summed E-state index contributed by atoms with van der Waals surface area (Å²) in [6, 6.07) is 0. The maximum atomic E-state index is 5.68. The van der Waals surface area contributed by atoms with Gasteiger partial charge in [0.2, 0.25) is 0 Å². The molecule has 72 valence electrons. The maximum absolute atomic E-state index is 5.68. The van der Waals surface area contributed by atoms with E-state index in [2.05, 4.69) is 4.98 Å². The minimum absolute atomic E-state index is 0.534. The Bertz CT molecular complexity index is 270. The van der Waals surface area contributed by atoms with Crippen LogP contribution in [-0.4, -0.2) is 11.6 Å². The van der Waals surface area contributed by atoms with Crippen LogP contribution >= 0.6 is 22.9 Å². The van der Waals surface area contributed by atoms with E-state index in [0.717, 1.165) is 12.5 Å². The van der Waals surface area contributed by atoms with E-state index in [0.29, 0.717) is 10.3 Å². The zero-order valence-electron chi connectivity index (χ0n) is 7.33. The molecule has 2 rings (SSSR count). The highest BCUT2D eigenvalue weighted by Gasteiger charge is 2.15. The van der Waals surface area contributed by atoms with Crippen molar-refractivity contribution in [1.29, 1.82) is 0 Å². The smallest absolute Gasteiger partial charge is 0.274 e. The number of thiazole rings is 1. The molecule has 0 saturated heterocycles. The third-order valence-corrected chi connectivity index (χ3v) is 3.45. The monoisotopic (exact) mass is 217 g/mol. The molecule has 1 aromatic heterocycles. The number of halogens is 1. The maximum Gasteiger partial charge on any atom is 0.274 e. The molecule has 0 aromatic carbocycles.